The number of hydrogen-bond acceptors (Lipinski definition) is 4. The van der Waals surface area contributed by atoms with E-state index in [-0.39, 0.29) is 12.2 Å². The number of rotatable bonds is 4. The maximum atomic E-state index is 10.9. The van der Waals surface area contributed by atoms with Crippen LogP contribution < -0.4 is 10.6 Å². The predicted octanol–water partition coefficient (Wildman–Crippen LogP) is 1.50. The Morgan fingerprint density at radius 2 is 1.22 bits per heavy atom. The molecular formula is C12H22N2O4. The molecule has 104 valence electrons. The van der Waals surface area contributed by atoms with Gasteiger partial charge in [-0.3, -0.25) is 0 Å². The molecule has 1 fully saturated rings. The van der Waals surface area contributed by atoms with Crippen LogP contribution in [0.25, 0.3) is 0 Å². The van der Waals surface area contributed by atoms with Crippen molar-refractivity contribution < 1.29 is 19.1 Å². The fourth-order valence-corrected chi connectivity index (χ4v) is 2.24. The fraction of sp³-hybridized carbons (Fsp3) is 0.833. The molecule has 1 aliphatic carbocycles. The first-order valence-corrected chi connectivity index (χ1v) is 6.29. The largest absolute Gasteiger partial charge is 0.453 e. The van der Waals surface area contributed by atoms with Crippen LogP contribution in [0.5, 0.6) is 0 Å². The molecule has 0 saturated heterocycles. The molecule has 2 amide bonds. The van der Waals surface area contributed by atoms with Gasteiger partial charge in [0.2, 0.25) is 0 Å². The van der Waals surface area contributed by atoms with E-state index in [0.29, 0.717) is 24.9 Å². The summed E-state index contributed by atoms with van der Waals surface area (Å²) in [5, 5.41) is 5.45. The van der Waals surface area contributed by atoms with Crippen LogP contribution in [0, 0.1) is 11.8 Å². The Labute approximate surface area is 107 Å². The number of hydrogen-bond donors (Lipinski definition) is 2. The molecule has 0 unspecified atom stereocenters. The van der Waals surface area contributed by atoms with Crippen molar-refractivity contribution in [2.75, 3.05) is 27.3 Å². The number of carbonyl (C=O) groups is 2. The molecule has 0 aliphatic heterocycles. The van der Waals surface area contributed by atoms with Crippen molar-refractivity contribution in [3.8, 4) is 0 Å². The van der Waals surface area contributed by atoms with Crippen LogP contribution in [0.4, 0.5) is 9.59 Å². The minimum atomic E-state index is -0.371. The minimum Gasteiger partial charge on any atom is -0.453 e. The highest BCUT2D eigenvalue weighted by molar-refractivity contribution is 5.67. The highest BCUT2D eigenvalue weighted by atomic mass is 16.5. The van der Waals surface area contributed by atoms with Gasteiger partial charge < -0.3 is 20.1 Å². The summed E-state index contributed by atoms with van der Waals surface area (Å²) >= 11 is 0. The van der Waals surface area contributed by atoms with Crippen LogP contribution in [0.3, 0.4) is 0 Å². The predicted molar refractivity (Wildman–Crippen MR) is 66.3 cm³/mol. The lowest BCUT2D eigenvalue weighted by Crippen LogP contribution is -2.34. The van der Waals surface area contributed by atoms with Crippen molar-refractivity contribution in [2.24, 2.45) is 11.8 Å². The molecule has 2 N–H and O–H groups in total. The monoisotopic (exact) mass is 258 g/mol. The molecular weight excluding hydrogens is 236 g/mol. The summed E-state index contributed by atoms with van der Waals surface area (Å²) in [5.41, 5.74) is 0. The second kappa shape index (κ2) is 7.79. The standard InChI is InChI=1S/C12H22N2O4/c1-17-11(15)13-7-9-3-5-10(6-4-9)8-14-12(16)18-2/h9-10H,3-8H2,1-2H3,(H,13,15)(H,14,16). The van der Waals surface area contributed by atoms with Crippen molar-refractivity contribution >= 4 is 12.2 Å². The van der Waals surface area contributed by atoms with Gasteiger partial charge in [-0.1, -0.05) is 0 Å². The van der Waals surface area contributed by atoms with Gasteiger partial charge in [-0.05, 0) is 37.5 Å². The third-order valence-corrected chi connectivity index (χ3v) is 3.41. The first-order chi connectivity index (χ1) is 8.65. The molecule has 0 atom stereocenters. The maximum Gasteiger partial charge on any atom is 0.406 e. The van der Waals surface area contributed by atoms with Crippen molar-refractivity contribution in [1.29, 1.82) is 0 Å². The summed E-state index contributed by atoms with van der Waals surface area (Å²) in [6, 6.07) is 0. The molecule has 0 aromatic rings. The van der Waals surface area contributed by atoms with Crippen LogP contribution >= 0.6 is 0 Å². The molecule has 6 heteroatoms. The van der Waals surface area contributed by atoms with Crippen LogP contribution in [0.15, 0.2) is 0 Å². The Balaban J connectivity index is 2.12. The zero-order valence-electron chi connectivity index (χ0n) is 11.0. The Morgan fingerprint density at radius 3 is 1.50 bits per heavy atom. The quantitative estimate of drug-likeness (QED) is 0.801. The topological polar surface area (TPSA) is 76.7 Å². The van der Waals surface area contributed by atoms with Crippen LogP contribution in [-0.2, 0) is 9.47 Å². The van der Waals surface area contributed by atoms with Crippen molar-refractivity contribution in [1.82, 2.24) is 10.6 Å². The number of amides is 2. The first kappa shape index (κ1) is 14.6. The molecule has 0 spiro atoms. The van der Waals surface area contributed by atoms with Gasteiger partial charge in [0.15, 0.2) is 0 Å². The minimum absolute atomic E-state index is 0.371. The van der Waals surface area contributed by atoms with Crippen molar-refractivity contribution in [2.45, 2.75) is 25.7 Å². The summed E-state index contributed by atoms with van der Waals surface area (Å²) in [6.45, 7) is 1.34. The maximum absolute atomic E-state index is 10.9. The van der Waals surface area contributed by atoms with Gasteiger partial charge in [0.25, 0.3) is 0 Å². The molecule has 0 aromatic carbocycles. The molecule has 1 saturated carbocycles. The average molecular weight is 258 g/mol. The zero-order valence-corrected chi connectivity index (χ0v) is 11.0. The lowest BCUT2D eigenvalue weighted by Gasteiger charge is -2.28. The van der Waals surface area contributed by atoms with E-state index in [1.165, 1.54) is 14.2 Å². The highest BCUT2D eigenvalue weighted by Gasteiger charge is 2.21. The van der Waals surface area contributed by atoms with Crippen molar-refractivity contribution in [3.05, 3.63) is 0 Å². The second-order valence-corrected chi connectivity index (χ2v) is 4.63. The van der Waals surface area contributed by atoms with Gasteiger partial charge in [-0.25, -0.2) is 9.59 Å². The Morgan fingerprint density at radius 1 is 0.889 bits per heavy atom. The summed E-state index contributed by atoms with van der Waals surface area (Å²) in [7, 11) is 2.73. The fourth-order valence-electron chi connectivity index (χ4n) is 2.24. The SMILES string of the molecule is COC(=O)NCC1CCC(CNC(=O)OC)CC1. The molecule has 6 nitrogen and oxygen atoms in total. The Hall–Kier alpha value is -1.46. The van der Waals surface area contributed by atoms with Gasteiger partial charge in [0, 0.05) is 13.1 Å². The summed E-state index contributed by atoms with van der Waals surface area (Å²) in [5.74, 6) is 1.02. The summed E-state index contributed by atoms with van der Waals surface area (Å²) < 4.78 is 9.06. The molecule has 18 heavy (non-hydrogen) atoms. The van der Waals surface area contributed by atoms with E-state index >= 15 is 0 Å². The Kier molecular flexibility index (Phi) is 6.32. The number of carbonyl (C=O) groups excluding carboxylic acids is 2. The summed E-state index contributed by atoms with van der Waals surface area (Å²) in [6.07, 6.45) is 3.53. The highest BCUT2D eigenvalue weighted by Crippen LogP contribution is 2.27. The third-order valence-electron chi connectivity index (χ3n) is 3.41. The molecule has 0 aromatic heterocycles. The van der Waals surface area contributed by atoms with E-state index in [1.807, 2.05) is 0 Å². The van der Waals surface area contributed by atoms with Gasteiger partial charge in [-0.15, -0.1) is 0 Å². The Bertz CT molecular complexity index is 247. The summed E-state index contributed by atoms with van der Waals surface area (Å²) in [4.78, 5) is 21.9. The van der Waals surface area contributed by atoms with E-state index in [2.05, 4.69) is 20.1 Å². The third kappa shape index (κ3) is 5.25. The zero-order chi connectivity index (χ0) is 13.4. The molecule has 1 aliphatic rings. The van der Waals surface area contributed by atoms with Gasteiger partial charge in [0.05, 0.1) is 14.2 Å². The van der Waals surface area contributed by atoms with Crippen molar-refractivity contribution in [3.63, 3.8) is 0 Å². The number of methoxy groups -OCH3 is 2. The lowest BCUT2D eigenvalue weighted by molar-refractivity contribution is 0.161. The van der Waals surface area contributed by atoms with Crippen LogP contribution in [0.1, 0.15) is 25.7 Å². The van der Waals surface area contributed by atoms with E-state index in [0.717, 1.165) is 25.7 Å². The van der Waals surface area contributed by atoms with E-state index in [1.54, 1.807) is 0 Å². The smallest absolute Gasteiger partial charge is 0.406 e. The second-order valence-electron chi connectivity index (χ2n) is 4.63. The van der Waals surface area contributed by atoms with Crippen LogP contribution in [0.2, 0.25) is 0 Å². The van der Waals surface area contributed by atoms with Crippen LogP contribution in [-0.4, -0.2) is 39.5 Å². The van der Waals surface area contributed by atoms with Gasteiger partial charge >= 0.3 is 12.2 Å². The first-order valence-electron chi connectivity index (χ1n) is 6.29. The number of nitrogens with one attached hydrogen (secondary N) is 2. The number of alkyl carbamates (subject to hydrolysis) is 2. The van der Waals surface area contributed by atoms with E-state index in [9.17, 15) is 9.59 Å². The molecule has 0 radical (unpaired) electrons. The van der Waals surface area contributed by atoms with E-state index < -0.39 is 0 Å². The van der Waals surface area contributed by atoms with Gasteiger partial charge in [-0.2, -0.15) is 0 Å². The molecule has 1 rings (SSSR count). The normalized spacial score (nSPS) is 23.0. The molecule has 0 heterocycles. The lowest BCUT2D eigenvalue weighted by atomic mass is 9.82. The van der Waals surface area contributed by atoms with E-state index in [4.69, 9.17) is 0 Å². The van der Waals surface area contributed by atoms with Gasteiger partial charge in [0.1, 0.15) is 0 Å². The molecule has 0 bridgehead atoms. The average Bonchev–Trinajstić information content (AvgIpc) is 2.43. The number of ether oxygens (including phenoxy) is 2.